The molecule has 0 saturated carbocycles. The SMILES string of the molecule is CCOC(=O)C(Cc1ccc(OC#N)c(Cl)c1)C(=O)OCC. The van der Waals surface area contributed by atoms with E-state index >= 15 is 0 Å². The summed E-state index contributed by atoms with van der Waals surface area (Å²) >= 11 is 5.96. The summed E-state index contributed by atoms with van der Waals surface area (Å²) in [5.41, 5.74) is 0.626. The van der Waals surface area contributed by atoms with Crippen LogP contribution >= 0.6 is 11.6 Å². The predicted molar refractivity (Wildman–Crippen MR) is 78.2 cm³/mol. The highest BCUT2D eigenvalue weighted by Crippen LogP contribution is 2.26. The number of hydrogen-bond donors (Lipinski definition) is 0. The van der Waals surface area contributed by atoms with Crippen molar-refractivity contribution in [1.29, 1.82) is 5.26 Å². The first-order chi connectivity index (χ1) is 10.5. The van der Waals surface area contributed by atoms with Crippen LogP contribution in [-0.2, 0) is 25.5 Å². The number of benzene rings is 1. The third kappa shape index (κ3) is 4.93. The van der Waals surface area contributed by atoms with Crippen LogP contribution in [0.15, 0.2) is 18.2 Å². The molecule has 0 fully saturated rings. The Labute approximate surface area is 133 Å². The Bertz CT molecular complexity index is 564. The fourth-order valence-electron chi connectivity index (χ4n) is 1.79. The molecule has 0 saturated heterocycles. The molecule has 0 aliphatic heterocycles. The van der Waals surface area contributed by atoms with E-state index in [1.807, 2.05) is 0 Å². The molecule has 118 valence electrons. The van der Waals surface area contributed by atoms with Gasteiger partial charge in [-0.25, -0.2) is 0 Å². The van der Waals surface area contributed by atoms with Crippen LogP contribution in [0.25, 0.3) is 0 Å². The molecule has 22 heavy (non-hydrogen) atoms. The van der Waals surface area contributed by atoms with Crippen molar-refractivity contribution in [2.75, 3.05) is 13.2 Å². The van der Waals surface area contributed by atoms with E-state index in [1.165, 1.54) is 18.4 Å². The molecule has 0 N–H and O–H groups in total. The molecule has 0 bridgehead atoms. The van der Waals surface area contributed by atoms with Gasteiger partial charge in [-0.1, -0.05) is 17.7 Å². The number of carbonyl (C=O) groups excluding carboxylic acids is 2. The maximum absolute atomic E-state index is 11.9. The van der Waals surface area contributed by atoms with Gasteiger partial charge in [0.25, 0.3) is 6.26 Å². The second-order valence-electron chi connectivity index (χ2n) is 4.22. The van der Waals surface area contributed by atoms with Crippen molar-refractivity contribution in [3.8, 4) is 12.0 Å². The Kier molecular flexibility index (Phi) is 7.20. The number of rotatable bonds is 7. The van der Waals surface area contributed by atoms with Crippen LogP contribution in [0.3, 0.4) is 0 Å². The Hall–Kier alpha value is -2.26. The van der Waals surface area contributed by atoms with Crippen LogP contribution in [0.5, 0.6) is 5.75 Å². The highest BCUT2D eigenvalue weighted by atomic mass is 35.5. The monoisotopic (exact) mass is 325 g/mol. The lowest BCUT2D eigenvalue weighted by Crippen LogP contribution is -2.30. The summed E-state index contributed by atoms with van der Waals surface area (Å²) in [6.45, 7) is 3.66. The topological polar surface area (TPSA) is 85.6 Å². The summed E-state index contributed by atoms with van der Waals surface area (Å²) in [7, 11) is 0. The molecule has 0 unspecified atom stereocenters. The van der Waals surface area contributed by atoms with Gasteiger partial charge in [-0.05, 0) is 38.0 Å². The van der Waals surface area contributed by atoms with Crippen molar-refractivity contribution >= 4 is 23.5 Å². The summed E-state index contributed by atoms with van der Waals surface area (Å²) < 4.78 is 14.5. The molecule has 6 nitrogen and oxygen atoms in total. The normalized spacial score (nSPS) is 9.95. The molecule has 7 heteroatoms. The Balaban J connectivity index is 2.94. The van der Waals surface area contributed by atoms with Crippen molar-refractivity contribution in [3.05, 3.63) is 28.8 Å². The number of nitriles is 1. The Morgan fingerprint density at radius 2 is 1.82 bits per heavy atom. The standard InChI is InChI=1S/C15H16ClNO5/c1-3-20-14(18)11(15(19)21-4-2)7-10-5-6-13(22-9-17)12(16)8-10/h5-6,8,11H,3-4,7H2,1-2H3. The molecule has 0 aromatic heterocycles. The minimum Gasteiger partial charge on any atom is -0.465 e. The first kappa shape index (κ1) is 17.8. The number of hydrogen-bond acceptors (Lipinski definition) is 6. The smallest absolute Gasteiger partial charge is 0.320 e. The van der Waals surface area contributed by atoms with Crippen LogP contribution in [0.4, 0.5) is 0 Å². The largest absolute Gasteiger partial charge is 0.465 e. The van der Waals surface area contributed by atoms with Gasteiger partial charge in [0, 0.05) is 0 Å². The highest BCUT2D eigenvalue weighted by molar-refractivity contribution is 6.32. The predicted octanol–water partition coefficient (Wildman–Crippen LogP) is 2.48. The molecule has 0 amide bonds. The van der Waals surface area contributed by atoms with Gasteiger partial charge in [0.1, 0.15) is 0 Å². The number of halogens is 1. The summed E-state index contributed by atoms with van der Waals surface area (Å²) in [4.78, 5) is 23.8. The third-order valence-corrected chi connectivity index (χ3v) is 3.03. The molecule has 1 aromatic rings. The lowest BCUT2D eigenvalue weighted by atomic mass is 9.99. The van der Waals surface area contributed by atoms with Crippen LogP contribution in [0.2, 0.25) is 5.02 Å². The zero-order valence-corrected chi connectivity index (χ0v) is 13.1. The minimum atomic E-state index is -1.06. The Morgan fingerprint density at radius 3 is 2.27 bits per heavy atom. The van der Waals surface area contributed by atoms with E-state index in [-0.39, 0.29) is 30.4 Å². The van der Waals surface area contributed by atoms with Crippen LogP contribution < -0.4 is 4.74 Å². The molecule has 1 aromatic carbocycles. The van der Waals surface area contributed by atoms with Crippen molar-refractivity contribution in [1.82, 2.24) is 0 Å². The van der Waals surface area contributed by atoms with Gasteiger partial charge in [0.05, 0.1) is 18.2 Å². The van der Waals surface area contributed by atoms with Crippen molar-refractivity contribution < 1.29 is 23.8 Å². The second kappa shape index (κ2) is 8.90. The van der Waals surface area contributed by atoms with E-state index in [1.54, 1.807) is 19.9 Å². The summed E-state index contributed by atoms with van der Waals surface area (Å²) in [5, 5.41) is 8.68. The van der Waals surface area contributed by atoms with Crippen LogP contribution in [0, 0.1) is 17.4 Å². The molecular weight excluding hydrogens is 310 g/mol. The molecule has 0 aliphatic rings. The zero-order valence-electron chi connectivity index (χ0n) is 12.3. The van der Waals surface area contributed by atoms with E-state index in [2.05, 4.69) is 4.74 Å². The van der Waals surface area contributed by atoms with Gasteiger partial charge < -0.3 is 14.2 Å². The third-order valence-electron chi connectivity index (χ3n) is 2.73. The van der Waals surface area contributed by atoms with Gasteiger partial charge in [-0.15, -0.1) is 5.26 Å². The average Bonchev–Trinajstić information content (AvgIpc) is 2.48. The van der Waals surface area contributed by atoms with E-state index in [9.17, 15) is 9.59 Å². The first-order valence-electron chi connectivity index (χ1n) is 6.71. The fourth-order valence-corrected chi connectivity index (χ4v) is 2.03. The van der Waals surface area contributed by atoms with Crippen LogP contribution in [0.1, 0.15) is 19.4 Å². The maximum Gasteiger partial charge on any atom is 0.320 e. The summed E-state index contributed by atoms with van der Waals surface area (Å²) in [6, 6.07) is 4.64. The van der Waals surface area contributed by atoms with E-state index in [0.717, 1.165) is 0 Å². The molecule has 0 aliphatic carbocycles. The van der Waals surface area contributed by atoms with E-state index < -0.39 is 17.9 Å². The lowest BCUT2D eigenvalue weighted by Gasteiger charge is -2.14. The number of ether oxygens (including phenoxy) is 3. The van der Waals surface area contributed by atoms with Crippen molar-refractivity contribution in [3.63, 3.8) is 0 Å². The minimum absolute atomic E-state index is 0.0875. The van der Waals surface area contributed by atoms with Gasteiger partial charge in [-0.2, -0.15) is 0 Å². The van der Waals surface area contributed by atoms with Gasteiger partial charge >= 0.3 is 11.9 Å². The zero-order chi connectivity index (χ0) is 16.5. The Morgan fingerprint density at radius 1 is 1.23 bits per heavy atom. The van der Waals surface area contributed by atoms with E-state index in [0.29, 0.717) is 5.56 Å². The highest BCUT2D eigenvalue weighted by Gasteiger charge is 2.29. The fraction of sp³-hybridized carbons (Fsp3) is 0.400. The van der Waals surface area contributed by atoms with Crippen molar-refractivity contribution in [2.24, 2.45) is 5.92 Å². The van der Waals surface area contributed by atoms with E-state index in [4.69, 9.17) is 26.3 Å². The van der Waals surface area contributed by atoms with Gasteiger partial charge in [-0.3, -0.25) is 9.59 Å². The lowest BCUT2D eigenvalue weighted by molar-refractivity contribution is -0.161. The quantitative estimate of drug-likeness (QED) is 0.435. The molecule has 0 heterocycles. The summed E-state index contributed by atoms with van der Waals surface area (Å²) in [5.74, 6) is -2.14. The first-order valence-corrected chi connectivity index (χ1v) is 7.08. The summed E-state index contributed by atoms with van der Waals surface area (Å²) in [6.07, 6.45) is 1.61. The second-order valence-corrected chi connectivity index (χ2v) is 4.63. The molecule has 0 radical (unpaired) electrons. The average molecular weight is 326 g/mol. The molecule has 0 atom stereocenters. The number of carbonyl (C=O) groups is 2. The molecule has 1 rings (SSSR count). The van der Waals surface area contributed by atoms with Gasteiger partial charge in [0.15, 0.2) is 11.7 Å². The molecule has 0 spiro atoms. The molecular formula is C15H16ClNO5. The van der Waals surface area contributed by atoms with Crippen molar-refractivity contribution in [2.45, 2.75) is 20.3 Å². The maximum atomic E-state index is 11.9. The van der Waals surface area contributed by atoms with Gasteiger partial charge in [0.2, 0.25) is 0 Å². The number of nitrogens with zero attached hydrogens (tertiary/aromatic N) is 1. The number of esters is 2. The van der Waals surface area contributed by atoms with Crippen LogP contribution in [-0.4, -0.2) is 25.2 Å².